The largest absolute Gasteiger partial charge is 0.289 e. The zero-order chi connectivity index (χ0) is 9.84. The fourth-order valence-corrected chi connectivity index (χ4v) is 1.71. The van der Waals surface area contributed by atoms with Crippen LogP contribution in [0.5, 0.6) is 0 Å². The lowest BCUT2D eigenvalue weighted by molar-refractivity contribution is 0.101. The molecule has 0 N–H and O–H groups in total. The first kappa shape index (κ1) is 10.3. The van der Waals surface area contributed by atoms with Crippen LogP contribution in [0.2, 0.25) is 0 Å². The average Bonchev–Trinajstić information content (AvgIpc) is 2.03. The molecule has 0 heterocycles. The Morgan fingerprint density at radius 2 is 2.00 bits per heavy atom. The lowest BCUT2D eigenvalue weighted by Crippen LogP contribution is -2.14. The summed E-state index contributed by atoms with van der Waals surface area (Å²) in [5.41, 5.74) is 0.212. The number of hydrogen-bond donors (Lipinski definition) is 0. The molecule has 0 saturated heterocycles. The van der Waals surface area contributed by atoms with Crippen molar-refractivity contribution in [1.29, 1.82) is 0 Å². The monoisotopic (exact) mass is 199 g/mol. The van der Waals surface area contributed by atoms with Gasteiger partial charge in [-0.2, -0.15) is 0 Å². The second kappa shape index (κ2) is 4.42. The maximum absolute atomic E-state index is 13.1. The first-order chi connectivity index (χ1) is 6.11. The van der Waals surface area contributed by atoms with Gasteiger partial charge in [-0.3, -0.25) is 4.79 Å². The predicted octanol–water partition coefficient (Wildman–Crippen LogP) is 1.89. The Kier molecular flexibility index (Phi) is 3.48. The number of hydrogen-bond acceptors (Lipinski definition) is 1. The summed E-state index contributed by atoms with van der Waals surface area (Å²) in [5.74, 6) is -0.0922. The minimum Gasteiger partial charge on any atom is -0.289 e. The summed E-state index contributed by atoms with van der Waals surface area (Å²) in [6.45, 7) is 0. The van der Waals surface area contributed by atoms with Crippen LogP contribution in [0.4, 0.5) is 4.39 Å². The molecule has 1 aromatic rings. The maximum Gasteiger partial charge on any atom is 0.214 e. The first-order valence-electron chi connectivity index (χ1n) is 3.93. The van der Waals surface area contributed by atoms with Crippen LogP contribution < -0.4 is 0 Å². The fraction of sp³-hybridized carbons (Fsp3) is 0.300. The number of carbonyl (C=O) groups excluding carboxylic acids is 1. The molecule has 0 fully saturated rings. The van der Waals surface area contributed by atoms with Crippen molar-refractivity contribution in [2.45, 2.75) is 0 Å². The molecule has 0 atom stereocenters. The van der Waals surface area contributed by atoms with E-state index < -0.39 is 5.82 Å². The van der Waals surface area contributed by atoms with Gasteiger partial charge in [-0.1, -0.05) is 12.1 Å². The number of Topliss-reactive ketones (excluding diaryl/α,β-unsaturated/α-hetero) is 1. The van der Waals surface area contributed by atoms with Crippen molar-refractivity contribution >= 4 is 16.7 Å². The number of rotatable bonds is 3. The zero-order valence-corrected chi connectivity index (χ0v) is 8.53. The van der Waals surface area contributed by atoms with Crippen molar-refractivity contribution in [3.63, 3.8) is 0 Å². The molecule has 0 saturated carbocycles. The Morgan fingerprint density at radius 3 is 2.54 bits per heavy atom. The van der Waals surface area contributed by atoms with Gasteiger partial charge >= 0.3 is 0 Å². The van der Waals surface area contributed by atoms with Crippen molar-refractivity contribution in [3.8, 4) is 0 Å². The van der Waals surface area contributed by atoms with Crippen LogP contribution in [-0.2, 0) is 10.9 Å². The SMILES string of the molecule is C[S+](C)CC(=O)c1ccccc1F. The quantitative estimate of drug-likeness (QED) is 0.536. The molecule has 1 rings (SSSR count). The van der Waals surface area contributed by atoms with E-state index in [2.05, 4.69) is 0 Å². The average molecular weight is 199 g/mol. The second-order valence-corrected chi connectivity index (χ2v) is 5.29. The molecule has 0 unspecified atom stereocenters. The van der Waals surface area contributed by atoms with Crippen LogP contribution >= 0.6 is 0 Å². The van der Waals surface area contributed by atoms with E-state index in [1.54, 1.807) is 12.1 Å². The number of benzene rings is 1. The van der Waals surface area contributed by atoms with Gasteiger partial charge < -0.3 is 0 Å². The standard InChI is InChI=1S/C10H12FOS/c1-13(2)7-10(12)8-5-3-4-6-9(8)11/h3-6H,7H2,1-2H3/q+1. The highest BCUT2D eigenvalue weighted by Crippen LogP contribution is 2.08. The van der Waals surface area contributed by atoms with Crippen LogP contribution in [0.25, 0.3) is 0 Å². The summed E-state index contributed by atoms with van der Waals surface area (Å²) in [7, 11) is 0.0294. The normalized spacial score (nSPS) is 10.5. The molecular weight excluding hydrogens is 187 g/mol. The third-order valence-corrected chi connectivity index (χ3v) is 2.43. The number of halogens is 1. The van der Waals surface area contributed by atoms with E-state index >= 15 is 0 Å². The molecule has 0 aliphatic heterocycles. The maximum atomic E-state index is 13.1. The molecule has 0 aliphatic carbocycles. The number of ketones is 1. The summed E-state index contributed by atoms with van der Waals surface area (Å²) in [6.07, 6.45) is 3.94. The predicted molar refractivity (Wildman–Crippen MR) is 54.8 cm³/mol. The van der Waals surface area contributed by atoms with Gasteiger partial charge in [0.05, 0.1) is 18.1 Å². The van der Waals surface area contributed by atoms with Crippen LogP contribution in [0, 0.1) is 5.82 Å². The van der Waals surface area contributed by atoms with Crippen LogP contribution in [0.15, 0.2) is 24.3 Å². The van der Waals surface area contributed by atoms with Crippen LogP contribution in [0.1, 0.15) is 10.4 Å². The Morgan fingerprint density at radius 1 is 1.38 bits per heavy atom. The molecule has 0 aliphatic rings. The van der Waals surface area contributed by atoms with Gasteiger partial charge in [0.2, 0.25) is 5.78 Å². The van der Waals surface area contributed by atoms with E-state index in [1.807, 2.05) is 12.5 Å². The summed E-state index contributed by atoms with van der Waals surface area (Å²) in [6, 6.07) is 6.12. The molecule has 3 heteroatoms. The highest BCUT2D eigenvalue weighted by molar-refractivity contribution is 7.96. The minimum atomic E-state index is -0.419. The van der Waals surface area contributed by atoms with Gasteiger partial charge in [-0.15, -0.1) is 0 Å². The minimum absolute atomic E-state index is 0.0294. The van der Waals surface area contributed by atoms with Crippen LogP contribution in [-0.4, -0.2) is 24.0 Å². The Labute approximate surface area is 80.3 Å². The van der Waals surface area contributed by atoms with E-state index in [4.69, 9.17) is 0 Å². The van der Waals surface area contributed by atoms with E-state index in [0.29, 0.717) is 5.75 Å². The van der Waals surface area contributed by atoms with Crippen molar-refractivity contribution in [1.82, 2.24) is 0 Å². The van der Waals surface area contributed by atoms with E-state index in [-0.39, 0.29) is 22.2 Å². The molecule has 0 aromatic heterocycles. The highest BCUT2D eigenvalue weighted by Gasteiger charge is 2.16. The zero-order valence-electron chi connectivity index (χ0n) is 7.71. The molecular formula is C10H12FOS+. The van der Waals surface area contributed by atoms with Crippen molar-refractivity contribution < 1.29 is 9.18 Å². The highest BCUT2D eigenvalue weighted by atomic mass is 32.2. The van der Waals surface area contributed by atoms with Crippen molar-refractivity contribution in [2.75, 3.05) is 18.3 Å². The van der Waals surface area contributed by atoms with Crippen molar-refractivity contribution in [2.24, 2.45) is 0 Å². The van der Waals surface area contributed by atoms with Crippen LogP contribution in [0.3, 0.4) is 0 Å². The summed E-state index contributed by atoms with van der Waals surface area (Å²) < 4.78 is 13.1. The van der Waals surface area contributed by atoms with Gasteiger partial charge in [0.25, 0.3) is 0 Å². The topological polar surface area (TPSA) is 17.1 Å². The Hall–Kier alpha value is -0.830. The first-order valence-corrected chi connectivity index (χ1v) is 6.14. The van der Waals surface area contributed by atoms with E-state index in [1.165, 1.54) is 12.1 Å². The van der Waals surface area contributed by atoms with E-state index in [9.17, 15) is 9.18 Å². The lowest BCUT2D eigenvalue weighted by atomic mass is 10.1. The molecule has 1 aromatic carbocycles. The summed E-state index contributed by atoms with van der Waals surface area (Å²) in [5, 5.41) is 0. The molecule has 0 radical (unpaired) electrons. The summed E-state index contributed by atoms with van der Waals surface area (Å²) >= 11 is 0. The molecule has 0 spiro atoms. The third kappa shape index (κ3) is 2.84. The number of carbonyl (C=O) groups is 1. The molecule has 70 valence electrons. The fourth-order valence-electron chi connectivity index (χ4n) is 1.03. The van der Waals surface area contributed by atoms with Gasteiger partial charge in [0.15, 0.2) is 5.75 Å². The second-order valence-electron chi connectivity index (χ2n) is 3.03. The van der Waals surface area contributed by atoms with Crippen molar-refractivity contribution in [3.05, 3.63) is 35.6 Å². The molecule has 1 nitrogen and oxygen atoms in total. The van der Waals surface area contributed by atoms with E-state index in [0.717, 1.165) is 0 Å². The third-order valence-electron chi connectivity index (χ3n) is 1.59. The van der Waals surface area contributed by atoms with Gasteiger partial charge in [0.1, 0.15) is 5.82 Å². The smallest absolute Gasteiger partial charge is 0.214 e. The van der Waals surface area contributed by atoms with Gasteiger partial charge in [-0.25, -0.2) is 4.39 Å². The lowest BCUT2D eigenvalue weighted by Gasteiger charge is -1.99. The molecule has 13 heavy (non-hydrogen) atoms. The Bertz CT molecular complexity index is 310. The van der Waals surface area contributed by atoms with Gasteiger partial charge in [-0.05, 0) is 23.0 Å². The van der Waals surface area contributed by atoms with Gasteiger partial charge in [0, 0.05) is 0 Å². The summed E-state index contributed by atoms with van der Waals surface area (Å²) in [4.78, 5) is 11.4. The molecule has 0 bridgehead atoms. The molecule has 0 amide bonds. The Balaban J connectivity index is 2.83.